The molecule has 0 unspecified atom stereocenters. The second-order valence-corrected chi connectivity index (χ2v) is 8.79. The Hall–Kier alpha value is -2.82. The van der Waals surface area contributed by atoms with E-state index in [4.69, 9.17) is 0 Å². The van der Waals surface area contributed by atoms with Crippen molar-refractivity contribution < 1.29 is 9.59 Å². The van der Waals surface area contributed by atoms with E-state index < -0.39 is 6.04 Å². The minimum absolute atomic E-state index is 0.0380. The summed E-state index contributed by atoms with van der Waals surface area (Å²) in [6.45, 7) is 6.08. The van der Waals surface area contributed by atoms with Crippen LogP contribution in [0.5, 0.6) is 0 Å². The van der Waals surface area contributed by atoms with Crippen LogP contribution in [0.2, 0.25) is 0 Å². The molecule has 32 heavy (non-hydrogen) atoms. The van der Waals surface area contributed by atoms with Crippen molar-refractivity contribution in [1.29, 1.82) is 0 Å². The predicted molar refractivity (Wildman–Crippen MR) is 132 cm³/mol. The third-order valence-electron chi connectivity index (χ3n) is 6.14. The lowest BCUT2D eigenvalue weighted by molar-refractivity contribution is -0.121. The molecule has 4 nitrogen and oxygen atoms in total. The lowest BCUT2D eigenvalue weighted by Crippen LogP contribution is -2.46. The van der Waals surface area contributed by atoms with Gasteiger partial charge in [0.2, 0.25) is 0 Å². The summed E-state index contributed by atoms with van der Waals surface area (Å²) in [7, 11) is 1.81. The second kappa shape index (κ2) is 11.2. The van der Waals surface area contributed by atoms with Crippen molar-refractivity contribution in [2.75, 3.05) is 13.6 Å². The Kier molecular flexibility index (Phi) is 8.32. The summed E-state index contributed by atoms with van der Waals surface area (Å²) in [5.74, 6) is 0.584. The van der Waals surface area contributed by atoms with Crippen LogP contribution in [0.4, 0.5) is 0 Å². The maximum Gasteiger partial charge on any atom is 0.163 e. The molecule has 0 saturated heterocycles. The molecular formula is C28H34N2O2. The van der Waals surface area contributed by atoms with Crippen LogP contribution in [0.25, 0.3) is 10.8 Å². The van der Waals surface area contributed by atoms with E-state index in [2.05, 4.69) is 73.0 Å². The van der Waals surface area contributed by atoms with Gasteiger partial charge in [-0.2, -0.15) is 0 Å². The standard InChI is InChI=1S/C28H34N2O2/c1-19(2)22-14-12-21(13-15-22)16-27(29-4)28(32)18-30-26(20(3)31)17-24-10-7-9-23-8-5-6-11-25(23)24/h5-15,19,26-27,29-30H,16-18H2,1-4H3/t26-,27-/m0/s1. The van der Waals surface area contributed by atoms with E-state index in [1.165, 1.54) is 5.56 Å². The molecule has 0 aliphatic carbocycles. The summed E-state index contributed by atoms with van der Waals surface area (Å²) in [5.41, 5.74) is 3.53. The number of carbonyl (C=O) groups is 2. The molecule has 0 aliphatic rings. The van der Waals surface area contributed by atoms with Gasteiger partial charge in [0.05, 0.1) is 18.6 Å². The van der Waals surface area contributed by atoms with E-state index >= 15 is 0 Å². The predicted octanol–water partition coefficient (Wildman–Crippen LogP) is 4.45. The summed E-state index contributed by atoms with van der Waals surface area (Å²) >= 11 is 0. The van der Waals surface area contributed by atoms with Gasteiger partial charge in [0, 0.05) is 0 Å². The van der Waals surface area contributed by atoms with Crippen LogP contribution in [0, 0.1) is 0 Å². The smallest absolute Gasteiger partial charge is 0.163 e. The Balaban J connectivity index is 1.63. The first-order chi connectivity index (χ1) is 15.4. The van der Waals surface area contributed by atoms with Crippen LogP contribution in [-0.4, -0.2) is 37.2 Å². The molecule has 0 amide bonds. The largest absolute Gasteiger partial charge is 0.310 e. The van der Waals surface area contributed by atoms with E-state index in [0.29, 0.717) is 18.8 Å². The van der Waals surface area contributed by atoms with E-state index in [-0.39, 0.29) is 24.2 Å². The highest BCUT2D eigenvalue weighted by Gasteiger charge is 2.21. The average Bonchev–Trinajstić information content (AvgIpc) is 2.80. The van der Waals surface area contributed by atoms with Crippen LogP contribution in [0.3, 0.4) is 0 Å². The van der Waals surface area contributed by atoms with Crippen LogP contribution in [0.1, 0.15) is 43.4 Å². The van der Waals surface area contributed by atoms with Gasteiger partial charge in [0.1, 0.15) is 5.78 Å². The second-order valence-electron chi connectivity index (χ2n) is 8.79. The Morgan fingerprint density at radius 1 is 0.844 bits per heavy atom. The first-order valence-electron chi connectivity index (χ1n) is 11.4. The molecular weight excluding hydrogens is 396 g/mol. The Morgan fingerprint density at radius 2 is 1.53 bits per heavy atom. The monoisotopic (exact) mass is 430 g/mol. The molecule has 0 saturated carbocycles. The number of hydrogen-bond donors (Lipinski definition) is 2. The molecule has 0 radical (unpaired) electrons. The average molecular weight is 431 g/mol. The van der Waals surface area contributed by atoms with Crippen LogP contribution in [-0.2, 0) is 22.4 Å². The summed E-state index contributed by atoms with van der Waals surface area (Å²) < 4.78 is 0. The zero-order chi connectivity index (χ0) is 23.1. The van der Waals surface area contributed by atoms with E-state index in [9.17, 15) is 9.59 Å². The molecule has 168 valence electrons. The van der Waals surface area contributed by atoms with E-state index in [0.717, 1.165) is 21.9 Å². The number of carbonyl (C=O) groups excluding carboxylic acids is 2. The van der Waals surface area contributed by atoms with Crippen molar-refractivity contribution in [1.82, 2.24) is 10.6 Å². The van der Waals surface area contributed by atoms with Crippen molar-refractivity contribution in [3.05, 3.63) is 83.4 Å². The summed E-state index contributed by atoms with van der Waals surface area (Å²) in [6.07, 6.45) is 1.19. The maximum absolute atomic E-state index is 12.9. The fraction of sp³-hybridized carbons (Fsp3) is 0.357. The minimum Gasteiger partial charge on any atom is -0.310 e. The maximum atomic E-state index is 12.9. The van der Waals surface area contributed by atoms with Gasteiger partial charge in [0.15, 0.2) is 5.78 Å². The van der Waals surface area contributed by atoms with Crippen molar-refractivity contribution in [3.8, 4) is 0 Å². The normalized spacial score (nSPS) is 13.3. The first-order valence-corrected chi connectivity index (χ1v) is 11.4. The van der Waals surface area contributed by atoms with Crippen molar-refractivity contribution in [3.63, 3.8) is 0 Å². The van der Waals surface area contributed by atoms with Crippen molar-refractivity contribution in [2.24, 2.45) is 0 Å². The van der Waals surface area contributed by atoms with E-state index in [1.54, 1.807) is 6.92 Å². The minimum atomic E-state index is -0.396. The molecule has 2 N–H and O–H groups in total. The van der Waals surface area contributed by atoms with Crippen LogP contribution >= 0.6 is 0 Å². The Labute approximate surface area is 191 Å². The van der Waals surface area contributed by atoms with Gasteiger partial charge in [-0.3, -0.25) is 9.59 Å². The molecule has 0 aliphatic heterocycles. The number of ketones is 2. The summed E-state index contributed by atoms with van der Waals surface area (Å²) in [4.78, 5) is 25.2. The van der Waals surface area contributed by atoms with Crippen molar-refractivity contribution in [2.45, 2.75) is 51.6 Å². The highest BCUT2D eigenvalue weighted by molar-refractivity contribution is 5.89. The number of rotatable bonds is 11. The molecule has 0 fully saturated rings. The van der Waals surface area contributed by atoms with Crippen LogP contribution < -0.4 is 10.6 Å². The quantitative estimate of drug-likeness (QED) is 0.472. The molecule has 0 spiro atoms. The Bertz CT molecular complexity index is 1050. The molecule has 0 bridgehead atoms. The zero-order valence-corrected chi connectivity index (χ0v) is 19.5. The van der Waals surface area contributed by atoms with Crippen LogP contribution in [0.15, 0.2) is 66.7 Å². The van der Waals surface area contributed by atoms with Gasteiger partial charge in [-0.25, -0.2) is 0 Å². The number of fused-ring (bicyclic) bond motifs is 1. The number of hydrogen-bond acceptors (Lipinski definition) is 4. The van der Waals surface area contributed by atoms with Gasteiger partial charge >= 0.3 is 0 Å². The molecule has 0 aromatic heterocycles. The van der Waals surface area contributed by atoms with Crippen molar-refractivity contribution >= 4 is 22.3 Å². The fourth-order valence-electron chi connectivity index (χ4n) is 4.05. The first kappa shape index (κ1) is 23.8. The summed E-state index contributed by atoms with van der Waals surface area (Å²) in [5, 5.41) is 8.66. The van der Waals surface area contributed by atoms with E-state index in [1.807, 2.05) is 25.2 Å². The number of benzene rings is 3. The molecule has 0 heterocycles. The molecule has 3 aromatic carbocycles. The molecule has 3 aromatic rings. The van der Waals surface area contributed by atoms with Gasteiger partial charge in [-0.15, -0.1) is 0 Å². The van der Waals surface area contributed by atoms with Gasteiger partial charge in [0.25, 0.3) is 0 Å². The highest BCUT2D eigenvalue weighted by atomic mass is 16.1. The number of Topliss-reactive ketones (excluding diaryl/α,β-unsaturated/α-hetero) is 2. The Morgan fingerprint density at radius 3 is 2.19 bits per heavy atom. The topological polar surface area (TPSA) is 58.2 Å². The molecule has 2 atom stereocenters. The molecule has 4 heteroatoms. The lowest BCUT2D eigenvalue weighted by Gasteiger charge is -2.20. The molecule has 3 rings (SSSR count). The number of likely N-dealkylation sites (N-methyl/N-ethyl adjacent to an activating group) is 1. The fourth-order valence-corrected chi connectivity index (χ4v) is 4.05. The lowest BCUT2D eigenvalue weighted by atomic mass is 9.96. The number of nitrogens with one attached hydrogen (secondary N) is 2. The third kappa shape index (κ3) is 6.12. The highest BCUT2D eigenvalue weighted by Crippen LogP contribution is 2.20. The SMILES string of the molecule is CN[C@@H](Cc1ccc(C(C)C)cc1)C(=O)CN[C@@H](Cc1cccc2ccccc12)C(C)=O. The third-order valence-corrected chi connectivity index (χ3v) is 6.14. The van der Waals surface area contributed by atoms with Gasteiger partial charge in [-0.05, 0) is 60.2 Å². The van der Waals surface area contributed by atoms with Gasteiger partial charge < -0.3 is 10.6 Å². The van der Waals surface area contributed by atoms with Gasteiger partial charge in [-0.1, -0.05) is 80.6 Å². The summed E-state index contributed by atoms with van der Waals surface area (Å²) in [6, 6.07) is 22.1. The zero-order valence-electron chi connectivity index (χ0n) is 19.5.